The van der Waals surface area contributed by atoms with E-state index in [2.05, 4.69) is 76.3 Å². The fourth-order valence-electron chi connectivity index (χ4n) is 4.03. The highest BCUT2D eigenvalue weighted by molar-refractivity contribution is 7.26. The normalized spacial score (nSPS) is 11.9. The maximum atomic E-state index is 4.51. The van der Waals surface area contributed by atoms with Gasteiger partial charge in [0, 0.05) is 50.6 Å². The molecule has 0 aliphatic rings. The van der Waals surface area contributed by atoms with Crippen LogP contribution < -0.4 is 0 Å². The number of hydrogen-bond donors (Lipinski definition) is 0. The molecule has 27 heavy (non-hydrogen) atoms. The van der Waals surface area contributed by atoms with E-state index in [4.69, 9.17) is 0 Å². The van der Waals surface area contributed by atoms with Gasteiger partial charge in [-0.25, -0.2) is 4.98 Å². The predicted molar refractivity (Wildman–Crippen MR) is 117 cm³/mol. The Morgan fingerprint density at radius 1 is 0.778 bits per heavy atom. The van der Waals surface area contributed by atoms with Crippen LogP contribution in [0.15, 0.2) is 79.1 Å². The van der Waals surface area contributed by atoms with Gasteiger partial charge in [0.15, 0.2) is 0 Å². The Bertz CT molecular complexity index is 1490. The van der Waals surface area contributed by atoms with Gasteiger partial charge in [-0.1, -0.05) is 36.4 Å². The number of hydrogen-bond acceptors (Lipinski definition) is 2. The molecule has 128 valence electrons. The van der Waals surface area contributed by atoms with Crippen molar-refractivity contribution in [3.8, 4) is 11.4 Å². The second-order valence-electron chi connectivity index (χ2n) is 7.04. The number of thiophene rings is 1. The molecule has 2 heterocycles. The molecule has 4 aromatic carbocycles. The van der Waals surface area contributed by atoms with Gasteiger partial charge in [0.2, 0.25) is 0 Å². The minimum absolute atomic E-state index is 1.00. The first-order valence-electron chi connectivity index (χ1n) is 9.03. The van der Waals surface area contributed by atoms with Crippen LogP contribution in [0.1, 0.15) is 0 Å². The molecular weight excluding hydrogens is 348 g/mol. The molecule has 0 unspecified atom stereocenters. The van der Waals surface area contributed by atoms with Crippen molar-refractivity contribution in [2.45, 2.75) is 0 Å². The van der Waals surface area contributed by atoms with Crippen LogP contribution in [0, 0.1) is 0 Å². The van der Waals surface area contributed by atoms with Gasteiger partial charge >= 0.3 is 0 Å². The van der Waals surface area contributed by atoms with E-state index in [0.717, 1.165) is 11.4 Å². The first kappa shape index (κ1) is 14.9. The predicted octanol–water partition coefficient (Wildman–Crippen LogP) is 6.76. The summed E-state index contributed by atoms with van der Waals surface area (Å²) >= 11 is 1.88. The SMILES string of the molecule is Cn1ccnc1-c1ccc2sc3c4cc5ccccc5cc4ccc3c2c1. The molecule has 6 aromatic rings. The molecule has 6 rings (SSSR count). The van der Waals surface area contributed by atoms with E-state index in [1.807, 2.05) is 30.8 Å². The molecule has 0 radical (unpaired) electrons. The lowest BCUT2D eigenvalue weighted by molar-refractivity contribution is 0.925. The Kier molecular flexibility index (Phi) is 3.00. The van der Waals surface area contributed by atoms with Crippen molar-refractivity contribution >= 4 is 53.1 Å². The summed E-state index contributed by atoms with van der Waals surface area (Å²) in [7, 11) is 2.04. The molecule has 0 bridgehead atoms. The second kappa shape index (κ2) is 5.41. The largest absolute Gasteiger partial charge is 0.334 e. The minimum atomic E-state index is 1.00. The van der Waals surface area contributed by atoms with E-state index < -0.39 is 0 Å². The van der Waals surface area contributed by atoms with Crippen molar-refractivity contribution in [3.05, 3.63) is 79.1 Å². The van der Waals surface area contributed by atoms with Crippen molar-refractivity contribution < 1.29 is 0 Å². The van der Waals surface area contributed by atoms with Crippen LogP contribution in [-0.2, 0) is 7.05 Å². The number of nitrogens with zero attached hydrogens (tertiary/aromatic N) is 2. The van der Waals surface area contributed by atoms with E-state index in [1.165, 1.54) is 41.7 Å². The van der Waals surface area contributed by atoms with Gasteiger partial charge in [-0.05, 0) is 46.5 Å². The van der Waals surface area contributed by atoms with Gasteiger partial charge in [0.1, 0.15) is 5.82 Å². The van der Waals surface area contributed by atoms with E-state index in [-0.39, 0.29) is 0 Å². The monoisotopic (exact) mass is 364 g/mol. The Labute approximate surface area is 160 Å². The topological polar surface area (TPSA) is 17.8 Å². The highest BCUT2D eigenvalue weighted by atomic mass is 32.1. The summed E-state index contributed by atoms with van der Waals surface area (Å²) in [6.07, 6.45) is 3.84. The summed E-state index contributed by atoms with van der Waals surface area (Å²) < 4.78 is 4.76. The van der Waals surface area contributed by atoms with Crippen molar-refractivity contribution in [1.82, 2.24) is 9.55 Å². The third-order valence-electron chi connectivity index (χ3n) is 5.40. The summed E-state index contributed by atoms with van der Waals surface area (Å²) in [4.78, 5) is 4.51. The molecule has 0 fully saturated rings. The third-order valence-corrected chi connectivity index (χ3v) is 6.62. The molecule has 0 amide bonds. The van der Waals surface area contributed by atoms with Crippen LogP contribution in [0.4, 0.5) is 0 Å². The van der Waals surface area contributed by atoms with E-state index in [1.54, 1.807) is 0 Å². The average molecular weight is 364 g/mol. The Morgan fingerprint density at radius 3 is 2.44 bits per heavy atom. The van der Waals surface area contributed by atoms with Crippen LogP contribution in [0.3, 0.4) is 0 Å². The van der Waals surface area contributed by atoms with Gasteiger partial charge in [-0.3, -0.25) is 0 Å². The van der Waals surface area contributed by atoms with E-state index in [9.17, 15) is 0 Å². The quantitative estimate of drug-likeness (QED) is 0.295. The Hall–Kier alpha value is -3.17. The molecule has 2 nitrogen and oxygen atoms in total. The molecule has 0 N–H and O–H groups in total. The van der Waals surface area contributed by atoms with Crippen molar-refractivity contribution in [2.75, 3.05) is 0 Å². The highest BCUT2D eigenvalue weighted by Gasteiger charge is 2.12. The third kappa shape index (κ3) is 2.15. The number of imidazole rings is 1. The summed E-state index contributed by atoms with van der Waals surface area (Å²) in [5.41, 5.74) is 1.16. The molecule has 2 aromatic heterocycles. The van der Waals surface area contributed by atoms with Gasteiger partial charge < -0.3 is 4.57 Å². The van der Waals surface area contributed by atoms with E-state index in [0.29, 0.717) is 0 Å². The molecule has 0 aliphatic carbocycles. The lowest BCUT2D eigenvalue weighted by atomic mass is 10.0. The van der Waals surface area contributed by atoms with Crippen molar-refractivity contribution in [2.24, 2.45) is 7.05 Å². The zero-order valence-corrected chi connectivity index (χ0v) is 15.6. The number of aryl methyl sites for hydroxylation is 1. The maximum absolute atomic E-state index is 4.51. The Morgan fingerprint density at radius 2 is 1.63 bits per heavy atom. The van der Waals surface area contributed by atoms with Gasteiger partial charge in [0.25, 0.3) is 0 Å². The summed E-state index contributed by atoms with van der Waals surface area (Å²) in [5.74, 6) is 1.00. The second-order valence-corrected chi connectivity index (χ2v) is 8.09. The number of fused-ring (bicyclic) bond motifs is 6. The molecule has 0 saturated heterocycles. The highest BCUT2D eigenvalue weighted by Crippen LogP contribution is 2.40. The molecule has 0 atom stereocenters. The van der Waals surface area contributed by atoms with E-state index >= 15 is 0 Å². The molecule has 0 aliphatic heterocycles. The van der Waals surface area contributed by atoms with Gasteiger partial charge in [0.05, 0.1) is 0 Å². The smallest absolute Gasteiger partial charge is 0.139 e. The van der Waals surface area contributed by atoms with Gasteiger partial charge in [-0.15, -0.1) is 11.3 Å². The maximum Gasteiger partial charge on any atom is 0.139 e. The summed E-state index contributed by atoms with van der Waals surface area (Å²) in [6.45, 7) is 0. The summed E-state index contributed by atoms with van der Waals surface area (Å²) in [5, 5.41) is 7.87. The summed E-state index contributed by atoms with van der Waals surface area (Å²) in [6, 6.07) is 24.4. The average Bonchev–Trinajstić information content (AvgIpc) is 3.29. The number of rotatable bonds is 1. The Balaban J connectivity index is 1.69. The molecule has 3 heteroatoms. The first-order valence-corrected chi connectivity index (χ1v) is 9.85. The lowest BCUT2D eigenvalue weighted by Crippen LogP contribution is -1.90. The van der Waals surface area contributed by atoms with Crippen molar-refractivity contribution in [3.63, 3.8) is 0 Å². The van der Waals surface area contributed by atoms with Crippen LogP contribution in [-0.4, -0.2) is 9.55 Å². The van der Waals surface area contributed by atoms with Crippen LogP contribution in [0.25, 0.3) is 53.1 Å². The lowest BCUT2D eigenvalue weighted by Gasteiger charge is -2.04. The molecular formula is C24H16N2S. The zero-order valence-electron chi connectivity index (χ0n) is 14.8. The van der Waals surface area contributed by atoms with Crippen LogP contribution in [0.5, 0.6) is 0 Å². The first-order chi connectivity index (χ1) is 13.3. The zero-order chi connectivity index (χ0) is 18.0. The number of aromatic nitrogens is 2. The standard InChI is InChI=1S/C24H16N2S/c1-26-11-10-25-24(26)18-7-9-22-21(14-18)19-8-6-17-12-15-4-2-3-5-16(15)13-20(17)23(19)27-22/h2-14H,1H3. The fraction of sp³-hybridized carbons (Fsp3) is 0.0417. The number of benzene rings is 4. The van der Waals surface area contributed by atoms with Gasteiger partial charge in [-0.2, -0.15) is 0 Å². The molecule has 0 saturated carbocycles. The van der Waals surface area contributed by atoms with Crippen LogP contribution in [0.2, 0.25) is 0 Å². The van der Waals surface area contributed by atoms with Crippen molar-refractivity contribution in [1.29, 1.82) is 0 Å². The van der Waals surface area contributed by atoms with Crippen LogP contribution >= 0.6 is 11.3 Å². The minimum Gasteiger partial charge on any atom is -0.334 e. The molecule has 0 spiro atoms. The fourth-order valence-corrected chi connectivity index (χ4v) is 5.24.